The van der Waals surface area contributed by atoms with Crippen molar-refractivity contribution in [2.45, 2.75) is 0 Å². The van der Waals surface area contributed by atoms with Gasteiger partial charge in [-0.05, 0) is 30.3 Å². The molecule has 102 valence electrons. The third-order valence-electron chi connectivity index (χ3n) is 2.52. The maximum absolute atomic E-state index is 11.8. The molecule has 20 heavy (non-hydrogen) atoms. The summed E-state index contributed by atoms with van der Waals surface area (Å²) in [7, 11) is 1.51. The van der Waals surface area contributed by atoms with E-state index in [0.29, 0.717) is 11.3 Å². The van der Waals surface area contributed by atoms with Gasteiger partial charge in [0.2, 0.25) is 0 Å². The molecule has 0 bridgehead atoms. The first-order valence-electron chi connectivity index (χ1n) is 5.86. The molecule has 0 saturated carbocycles. The molecule has 0 saturated heterocycles. The average molecular weight is 271 g/mol. The Labute approximate surface area is 115 Å². The molecule has 0 spiro atoms. The number of hydrogen-bond acceptors (Lipinski definition) is 4. The quantitative estimate of drug-likeness (QED) is 0.821. The molecular weight excluding hydrogens is 258 g/mol. The van der Waals surface area contributed by atoms with Crippen LogP contribution in [0, 0.1) is 0 Å². The number of nitrogens with one attached hydrogen (secondary N) is 2. The lowest BCUT2D eigenvalue weighted by Crippen LogP contribution is -2.41. The molecule has 2 aromatic rings. The highest BCUT2D eigenvalue weighted by Gasteiger charge is 2.10. The highest BCUT2D eigenvalue weighted by molar-refractivity contribution is 5.98. The van der Waals surface area contributed by atoms with Crippen molar-refractivity contribution in [3.63, 3.8) is 0 Å². The van der Waals surface area contributed by atoms with Crippen molar-refractivity contribution in [1.29, 1.82) is 0 Å². The number of rotatable bonds is 3. The van der Waals surface area contributed by atoms with Crippen LogP contribution in [0.3, 0.4) is 0 Å². The largest absolute Gasteiger partial charge is 0.497 e. The number of benzene rings is 1. The fraction of sp³-hybridized carbons (Fsp3) is 0.0714. The molecule has 1 aromatic heterocycles. The lowest BCUT2D eigenvalue weighted by molar-refractivity contribution is 0.0844. The number of carbonyl (C=O) groups excluding carboxylic acids is 2. The van der Waals surface area contributed by atoms with Gasteiger partial charge in [-0.1, -0.05) is 12.1 Å². The van der Waals surface area contributed by atoms with Crippen molar-refractivity contribution in [2.24, 2.45) is 0 Å². The third-order valence-corrected chi connectivity index (χ3v) is 2.52. The molecule has 0 aliphatic rings. The number of amides is 2. The summed E-state index contributed by atoms with van der Waals surface area (Å²) in [6.45, 7) is 0. The van der Waals surface area contributed by atoms with E-state index >= 15 is 0 Å². The summed E-state index contributed by atoms with van der Waals surface area (Å²) in [5.74, 6) is -0.358. The third kappa shape index (κ3) is 3.32. The summed E-state index contributed by atoms with van der Waals surface area (Å²) >= 11 is 0. The molecule has 2 N–H and O–H groups in total. The zero-order valence-electron chi connectivity index (χ0n) is 10.8. The molecule has 0 fully saturated rings. The Bertz CT molecular complexity index is 614. The smallest absolute Gasteiger partial charge is 0.288 e. The van der Waals surface area contributed by atoms with E-state index in [1.165, 1.54) is 13.3 Å². The first kappa shape index (κ1) is 13.5. The zero-order valence-corrected chi connectivity index (χ0v) is 10.8. The van der Waals surface area contributed by atoms with Crippen molar-refractivity contribution in [1.82, 2.24) is 15.8 Å². The van der Waals surface area contributed by atoms with Gasteiger partial charge in [-0.3, -0.25) is 25.4 Å². The number of ether oxygens (including phenoxy) is 1. The van der Waals surface area contributed by atoms with E-state index in [2.05, 4.69) is 15.8 Å². The second-order valence-electron chi connectivity index (χ2n) is 3.86. The molecule has 0 unspecified atom stereocenters. The molecule has 6 heteroatoms. The second kappa shape index (κ2) is 6.33. The SMILES string of the molecule is COc1cccc(C(=O)NNC(=O)c2ccccn2)c1. The normalized spacial score (nSPS) is 9.65. The summed E-state index contributed by atoms with van der Waals surface area (Å²) in [6.07, 6.45) is 1.50. The number of carbonyl (C=O) groups is 2. The van der Waals surface area contributed by atoms with E-state index < -0.39 is 11.8 Å². The van der Waals surface area contributed by atoms with Crippen molar-refractivity contribution in [3.8, 4) is 5.75 Å². The van der Waals surface area contributed by atoms with Crippen molar-refractivity contribution in [3.05, 3.63) is 59.9 Å². The monoisotopic (exact) mass is 271 g/mol. The fourth-order valence-electron chi connectivity index (χ4n) is 1.51. The molecule has 2 rings (SSSR count). The summed E-state index contributed by atoms with van der Waals surface area (Å²) in [4.78, 5) is 27.4. The number of hydrazine groups is 1. The first-order valence-corrected chi connectivity index (χ1v) is 5.86. The first-order chi connectivity index (χ1) is 9.70. The molecule has 0 atom stereocenters. The molecule has 2 amide bonds. The van der Waals surface area contributed by atoms with Gasteiger partial charge in [0.25, 0.3) is 11.8 Å². The van der Waals surface area contributed by atoms with E-state index in [4.69, 9.17) is 4.74 Å². The van der Waals surface area contributed by atoms with Gasteiger partial charge in [0.05, 0.1) is 7.11 Å². The van der Waals surface area contributed by atoms with Crippen molar-refractivity contribution >= 4 is 11.8 Å². The van der Waals surface area contributed by atoms with Crippen LogP contribution in [0.2, 0.25) is 0 Å². The Morgan fingerprint density at radius 2 is 1.85 bits per heavy atom. The van der Waals surface area contributed by atoms with E-state index in [-0.39, 0.29) is 5.69 Å². The predicted molar refractivity (Wildman–Crippen MR) is 72.2 cm³/mol. The number of aromatic nitrogens is 1. The average Bonchev–Trinajstić information content (AvgIpc) is 2.53. The minimum absolute atomic E-state index is 0.221. The number of methoxy groups -OCH3 is 1. The number of pyridine rings is 1. The van der Waals surface area contributed by atoms with Crippen LogP contribution in [0.5, 0.6) is 5.75 Å². The van der Waals surface area contributed by atoms with Gasteiger partial charge in [-0.15, -0.1) is 0 Å². The fourth-order valence-corrected chi connectivity index (χ4v) is 1.51. The van der Waals surface area contributed by atoms with Crippen LogP contribution < -0.4 is 15.6 Å². The Morgan fingerprint density at radius 3 is 2.55 bits per heavy atom. The van der Waals surface area contributed by atoms with Crippen LogP contribution in [0.4, 0.5) is 0 Å². The maximum atomic E-state index is 11.8. The topological polar surface area (TPSA) is 80.3 Å². The minimum atomic E-state index is -0.484. The highest BCUT2D eigenvalue weighted by Crippen LogP contribution is 2.11. The zero-order chi connectivity index (χ0) is 14.4. The highest BCUT2D eigenvalue weighted by atomic mass is 16.5. The number of hydrogen-bond donors (Lipinski definition) is 2. The van der Waals surface area contributed by atoms with Gasteiger partial charge in [0.1, 0.15) is 11.4 Å². The van der Waals surface area contributed by atoms with Gasteiger partial charge >= 0.3 is 0 Å². The maximum Gasteiger partial charge on any atom is 0.288 e. The Morgan fingerprint density at radius 1 is 1.05 bits per heavy atom. The van der Waals surface area contributed by atoms with E-state index in [1.54, 1.807) is 42.5 Å². The summed E-state index contributed by atoms with van der Waals surface area (Å²) in [6, 6.07) is 11.5. The van der Waals surface area contributed by atoms with E-state index in [1.807, 2.05) is 0 Å². The van der Waals surface area contributed by atoms with Crippen molar-refractivity contribution in [2.75, 3.05) is 7.11 Å². The molecule has 0 aliphatic carbocycles. The van der Waals surface area contributed by atoms with E-state index in [0.717, 1.165) is 0 Å². The summed E-state index contributed by atoms with van der Waals surface area (Å²) < 4.78 is 5.02. The second-order valence-corrected chi connectivity index (χ2v) is 3.86. The molecular formula is C14H13N3O3. The Hall–Kier alpha value is -2.89. The Kier molecular flexibility index (Phi) is 4.28. The van der Waals surface area contributed by atoms with Gasteiger partial charge in [0, 0.05) is 11.8 Å². The lowest BCUT2D eigenvalue weighted by Gasteiger charge is -2.07. The predicted octanol–water partition coefficient (Wildman–Crippen LogP) is 1.16. The van der Waals surface area contributed by atoms with Crippen LogP contribution in [-0.2, 0) is 0 Å². The van der Waals surface area contributed by atoms with Crippen LogP contribution >= 0.6 is 0 Å². The summed E-state index contributed by atoms with van der Waals surface area (Å²) in [5, 5.41) is 0. The van der Waals surface area contributed by atoms with Crippen LogP contribution in [0.1, 0.15) is 20.8 Å². The van der Waals surface area contributed by atoms with Gasteiger partial charge in [-0.2, -0.15) is 0 Å². The molecule has 0 aliphatic heterocycles. The minimum Gasteiger partial charge on any atom is -0.497 e. The molecule has 1 aromatic carbocycles. The summed E-state index contributed by atoms with van der Waals surface area (Å²) in [5.41, 5.74) is 5.21. The van der Waals surface area contributed by atoms with Crippen LogP contribution in [0.15, 0.2) is 48.7 Å². The standard InChI is InChI=1S/C14H13N3O3/c1-20-11-6-4-5-10(9-11)13(18)16-17-14(19)12-7-2-3-8-15-12/h2-9H,1H3,(H,16,18)(H,17,19). The van der Waals surface area contributed by atoms with Crippen LogP contribution in [0.25, 0.3) is 0 Å². The molecule has 6 nitrogen and oxygen atoms in total. The molecule has 1 heterocycles. The Balaban J connectivity index is 1.97. The number of nitrogens with zero attached hydrogens (tertiary/aromatic N) is 1. The van der Waals surface area contributed by atoms with Gasteiger partial charge < -0.3 is 4.74 Å². The van der Waals surface area contributed by atoms with Crippen molar-refractivity contribution < 1.29 is 14.3 Å². The van der Waals surface area contributed by atoms with Gasteiger partial charge in [0.15, 0.2) is 0 Å². The van der Waals surface area contributed by atoms with Crippen LogP contribution in [-0.4, -0.2) is 23.9 Å². The lowest BCUT2D eigenvalue weighted by atomic mass is 10.2. The van der Waals surface area contributed by atoms with Gasteiger partial charge in [-0.25, -0.2) is 0 Å². The molecule has 0 radical (unpaired) electrons. The van der Waals surface area contributed by atoms with E-state index in [9.17, 15) is 9.59 Å².